The number of rotatable bonds is 2. The number of aromatic nitrogens is 2. The van der Waals surface area contributed by atoms with Gasteiger partial charge in [0.05, 0.1) is 30.8 Å². The van der Waals surface area contributed by atoms with Gasteiger partial charge in [-0.1, -0.05) is 13.0 Å². The van der Waals surface area contributed by atoms with E-state index < -0.39 is 0 Å². The zero-order valence-corrected chi connectivity index (χ0v) is 17.6. The minimum absolute atomic E-state index is 0.0997. The van der Waals surface area contributed by atoms with Gasteiger partial charge in [-0.2, -0.15) is 10.4 Å². The molecule has 30 heavy (non-hydrogen) atoms. The maximum absolute atomic E-state index is 12.1. The van der Waals surface area contributed by atoms with Crippen molar-refractivity contribution in [2.45, 2.75) is 45.7 Å². The lowest BCUT2D eigenvalue weighted by atomic mass is 9.92. The lowest BCUT2D eigenvalue weighted by Gasteiger charge is -2.35. The summed E-state index contributed by atoms with van der Waals surface area (Å²) in [4.78, 5) is 16.3. The molecular formula is C23H27N5O2. The largest absolute Gasteiger partial charge is 0.379 e. The third kappa shape index (κ3) is 3.16. The number of hydrogen-bond acceptors (Lipinski definition) is 5. The smallest absolute Gasteiger partial charge is 0.219 e. The first kappa shape index (κ1) is 19.1. The van der Waals surface area contributed by atoms with Crippen LogP contribution in [-0.4, -0.2) is 46.9 Å². The first-order valence-corrected chi connectivity index (χ1v) is 10.8. The molecule has 0 aliphatic carbocycles. The van der Waals surface area contributed by atoms with E-state index in [0.717, 1.165) is 56.0 Å². The van der Waals surface area contributed by atoms with Crippen LogP contribution in [0.5, 0.6) is 0 Å². The maximum Gasteiger partial charge on any atom is 0.219 e. The Balaban J connectivity index is 1.64. The van der Waals surface area contributed by atoms with Gasteiger partial charge in [-0.25, -0.2) is 0 Å². The summed E-state index contributed by atoms with van der Waals surface area (Å²) in [5.41, 5.74) is 5.36. The molecule has 1 saturated heterocycles. The van der Waals surface area contributed by atoms with E-state index in [9.17, 15) is 10.1 Å². The summed E-state index contributed by atoms with van der Waals surface area (Å²) in [6.45, 7) is 7.52. The van der Waals surface area contributed by atoms with Gasteiger partial charge in [0, 0.05) is 50.0 Å². The molecule has 0 spiro atoms. The van der Waals surface area contributed by atoms with Gasteiger partial charge in [0.25, 0.3) is 0 Å². The van der Waals surface area contributed by atoms with Gasteiger partial charge < -0.3 is 14.5 Å². The Kier molecular flexibility index (Phi) is 4.75. The van der Waals surface area contributed by atoms with Crippen molar-refractivity contribution in [3.8, 4) is 6.07 Å². The second-order valence-corrected chi connectivity index (χ2v) is 8.78. The highest BCUT2D eigenvalue weighted by atomic mass is 16.5. The first-order valence-electron chi connectivity index (χ1n) is 10.8. The Labute approximate surface area is 176 Å². The molecule has 5 rings (SSSR count). The van der Waals surface area contributed by atoms with Gasteiger partial charge in [-0.3, -0.25) is 9.48 Å². The van der Waals surface area contributed by atoms with Gasteiger partial charge in [-0.15, -0.1) is 0 Å². The number of anilines is 2. The number of amides is 1. The number of fused-ring (bicyclic) bond motifs is 2. The average molecular weight is 406 g/mol. The van der Waals surface area contributed by atoms with Crippen molar-refractivity contribution in [2.24, 2.45) is 5.92 Å². The van der Waals surface area contributed by atoms with Crippen molar-refractivity contribution in [3.63, 3.8) is 0 Å². The monoisotopic (exact) mass is 405 g/mol. The molecule has 3 aliphatic heterocycles. The standard InChI is InChI=1S/C23H27N5O2/c1-15-9-18-4-3-17(11-24)10-22(18)27(12-15)23-20-13-26(16(2)29)7-5-21(20)28(25-23)19-6-8-30-14-19/h3-4,10,15,19H,5-9,12-14H2,1-2H3. The number of hydrogen-bond donors (Lipinski definition) is 0. The van der Waals surface area contributed by atoms with E-state index in [1.54, 1.807) is 6.92 Å². The molecule has 4 heterocycles. The molecule has 7 heteroatoms. The summed E-state index contributed by atoms with van der Waals surface area (Å²) in [5.74, 6) is 1.52. The van der Waals surface area contributed by atoms with E-state index in [1.165, 1.54) is 11.3 Å². The van der Waals surface area contributed by atoms with Crippen LogP contribution in [0.4, 0.5) is 11.5 Å². The quantitative estimate of drug-likeness (QED) is 0.768. The Morgan fingerprint density at radius 1 is 1.37 bits per heavy atom. The van der Waals surface area contributed by atoms with Crippen LogP contribution in [0.1, 0.15) is 48.7 Å². The predicted molar refractivity (Wildman–Crippen MR) is 113 cm³/mol. The van der Waals surface area contributed by atoms with E-state index in [-0.39, 0.29) is 11.9 Å². The van der Waals surface area contributed by atoms with Gasteiger partial charge in [-0.05, 0) is 36.5 Å². The first-order chi connectivity index (χ1) is 14.5. The van der Waals surface area contributed by atoms with E-state index in [2.05, 4.69) is 28.6 Å². The molecular weight excluding hydrogens is 378 g/mol. The molecule has 0 bridgehead atoms. The summed E-state index contributed by atoms with van der Waals surface area (Å²) in [6, 6.07) is 8.48. The van der Waals surface area contributed by atoms with Crippen molar-refractivity contribution in [1.29, 1.82) is 5.26 Å². The summed E-state index contributed by atoms with van der Waals surface area (Å²) in [6.07, 6.45) is 2.78. The van der Waals surface area contributed by atoms with E-state index in [0.29, 0.717) is 24.6 Å². The molecule has 0 saturated carbocycles. The molecule has 3 aliphatic rings. The molecule has 1 aromatic heterocycles. The normalized spacial score (nSPS) is 23.1. The molecule has 2 atom stereocenters. The number of carbonyl (C=O) groups excluding carboxylic acids is 1. The van der Waals surface area contributed by atoms with Crippen LogP contribution in [0, 0.1) is 17.2 Å². The van der Waals surface area contributed by atoms with Crippen LogP contribution < -0.4 is 4.90 Å². The van der Waals surface area contributed by atoms with Crippen LogP contribution in [-0.2, 0) is 28.9 Å². The maximum atomic E-state index is 12.1. The van der Waals surface area contributed by atoms with Crippen molar-refractivity contribution < 1.29 is 9.53 Å². The molecule has 1 fully saturated rings. The molecule has 2 aromatic rings. The summed E-state index contributed by atoms with van der Waals surface area (Å²) in [5, 5.41) is 14.6. The number of carbonyl (C=O) groups is 1. The predicted octanol–water partition coefficient (Wildman–Crippen LogP) is 2.95. The van der Waals surface area contributed by atoms with Crippen LogP contribution in [0.3, 0.4) is 0 Å². The highest BCUT2D eigenvalue weighted by Gasteiger charge is 2.34. The van der Waals surface area contributed by atoms with E-state index >= 15 is 0 Å². The summed E-state index contributed by atoms with van der Waals surface area (Å²) in [7, 11) is 0. The van der Waals surface area contributed by atoms with Crippen molar-refractivity contribution in [2.75, 3.05) is 31.2 Å². The average Bonchev–Trinajstić information content (AvgIpc) is 3.40. The summed E-state index contributed by atoms with van der Waals surface area (Å²) >= 11 is 0. The van der Waals surface area contributed by atoms with Gasteiger partial charge in [0.2, 0.25) is 5.91 Å². The fourth-order valence-electron chi connectivity index (χ4n) is 5.04. The Morgan fingerprint density at radius 2 is 2.23 bits per heavy atom. The fraction of sp³-hybridized carbons (Fsp3) is 0.522. The second-order valence-electron chi connectivity index (χ2n) is 8.78. The van der Waals surface area contributed by atoms with Crippen molar-refractivity contribution >= 4 is 17.4 Å². The number of benzene rings is 1. The van der Waals surface area contributed by atoms with Gasteiger partial charge >= 0.3 is 0 Å². The molecule has 0 radical (unpaired) electrons. The molecule has 0 N–H and O–H groups in total. The second kappa shape index (κ2) is 7.44. The summed E-state index contributed by atoms with van der Waals surface area (Å²) < 4.78 is 7.81. The molecule has 1 aromatic carbocycles. The van der Waals surface area contributed by atoms with Crippen LogP contribution in [0.2, 0.25) is 0 Å². The minimum Gasteiger partial charge on any atom is -0.379 e. The van der Waals surface area contributed by atoms with Gasteiger partial charge in [0.15, 0.2) is 5.82 Å². The third-order valence-corrected chi connectivity index (χ3v) is 6.59. The molecule has 1 amide bonds. The number of ether oxygens (including phenoxy) is 1. The molecule has 7 nitrogen and oxygen atoms in total. The van der Waals surface area contributed by atoms with E-state index in [4.69, 9.17) is 9.84 Å². The van der Waals surface area contributed by atoms with E-state index in [1.807, 2.05) is 17.0 Å². The fourth-order valence-corrected chi connectivity index (χ4v) is 5.04. The zero-order valence-electron chi connectivity index (χ0n) is 17.6. The van der Waals surface area contributed by atoms with Crippen LogP contribution in [0.25, 0.3) is 0 Å². The van der Waals surface area contributed by atoms with Crippen molar-refractivity contribution in [3.05, 3.63) is 40.6 Å². The Bertz CT molecular complexity index is 1030. The Hall–Kier alpha value is -2.85. The lowest BCUT2D eigenvalue weighted by Crippen LogP contribution is -2.36. The van der Waals surface area contributed by atoms with Crippen LogP contribution in [0.15, 0.2) is 18.2 Å². The highest BCUT2D eigenvalue weighted by molar-refractivity contribution is 5.75. The Morgan fingerprint density at radius 3 is 2.97 bits per heavy atom. The SMILES string of the molecule is CC(=O)N1CCc2c(c(N3CC(C)Cc4ccc(C#N)cc43)nn2C2CCOC2)C1. The number of nitrogens with zero attached hydrogens (tertiary/aromatic N) is 5. The molecule has 156 valence electrons. The van der Waals surface area contributed by atoms with Gasteiger partial charge in [0.1, 0.15) is 0 Å². The van der Waals surface area contributed by atoms with Crippen LogP contribution >= 0.6 is 0 Å². The molecule has 2 unspecified atom stereocenters. The number of nitriles is 1. The zero-order chi connectivity index (χ0) is 20.8. The third-order valence-electron chi connectivity index (χ3n) is 6.59. The topological polar surface area (TPSA) is 74.4 Å². The highest BCUT2D eigenvalue weighted by Crippen LogP contribution is 2.40. The van der Waals surface area contributed by atoms with Crippen molar-refractivity contribution in [1.82, 2.24) is 14.7 Å². The lowest BCUT2D eigenvalue weighted by molar-refractivity contribution is -0.129. The minimum atomic E-state index is 0.0997.